The van der Waals surface area contributed by atoms with Gasteiger partial charge in [-0.1, -0.05) is 54.6 Å². The van der Waals surface area contributed by atoms with E-state index in [0.29, 0.717) is 22.2 Å². The van der Waals surface area contributed by atoms with Gasteiger partial charge in [-0.05, 0) is 36.8 Å². The normalized spacial score (nSPS) is 10.9. The summed E-state index contributed by atoms with van der Waals surface area (Å²) in [7, 11) is 0. The number of aryl methyl sites for hydroxylation is 1. The highest BCUT2D eigenvalue weighted by Gasteiger charge is 2.17. The molecule has 0 aliphatic carbocycles. The van der Waals surface area contributed by atoms with Crippen LogP contribution in [0.5, 0.6) is 5.75 Å². The Balaban J connectivity index is 1.77. The van der Waals surface area contributed by atoms with Crippen LogP contribution in [0.3, 0.4) is 0 Å². The minimum Gasteiger partial charge on any atom is -0.433 e. The van der Waals surface area contributed by atoms with E-state index >= 15 is 0 Å². The molecular formula is C24H18F2N2O2. The fourth-order valence-corrected chi connectivity index (χ4v) is 3.24. The van der Waals surface area contributed by atoms with Crippen LogP contribution in [-0.4, -0.2) is 17.5 Å². The molecule has 6 heteroatoms. The van der Waals surface area contributed by atoms with Crippen molar-refractivity contribution in [3.05, 3.63) is 90.0 Å². The van der Waals surface area contributed by atoms with Crippen molar-refractivity contribution in [1.82, 2.24) is 4.98 Å². The molecule has 1 heterocycles. The summed E-state index contributed by atoms with van der Waals surface area (Å²) in [6, 6.07) is 23.2. The Bertz CT molecular complexity index is 1210. The van der Waals surface area contributed by atoms with Gasteiger partial charge >= 0.3 is 6.61 Å². The highest BCUT2D eigenvalue weighted by atomic mass is 19.3. The molecule has 0 spiro atoms. The molecule has 1 N–H and O–H groups in total. The molecule has 30 heavy (non-hydrogen) atoms. The number of anilines is 1. The van der Waals surface area contributed by atoms with E-state index in [-0.39, 0.29) is 11.4 Å². The van der Waals surface area contributed by atoms with Gasteiger partial charge in [-0.15, -0.1) is 0 Å². The molecule has 0 aliphatic rings. The van der Waals surface area contributed by atoms with Gasteiger partial charge in [-0.3, -0.25) is 4.79 Å². The lowest BCUT2D eigenvalue weighted by Gasteiger charge is -2.14. The number of halogens is 2. The first kappa shape index (κ1) is 19.5. The summed E-state index contributed by atoms with van der Waals surface area (Å²) in [6.45, 7) is -1.24. The molecule has 0 unspecified atom stereocenters. The zero-order valence-electron chi connectivity index (χ0n) is 16.1. The van der Waals surface area contributed by atoms with E-state index in [1.54, 1.807) is 31.2 Å². The molecule has 0 bridgehead atoms. The van der Waals surface area contributed by atoms with Crippen LogP contribution in [-0.2, 0) is 0 Å². The molecule has 150 valence electrons. The van der Waals surface area contributed by atoms with Gasteiger partial charge in [0.2, 0.25) is 0 Å². The standard InChI is InChI=1S/C24H18F2N2O2/c1-15-11-12-20(22(13-15)30-24(25)26)28-23(29)18-14-21(16-7-3-2-4-8-16)27-19-10-6-5-9-17(18)19/h2-14,24H,1H3,(H,28,29). The van der Waals surface area contributed by atoms with Gasteiger partial charge < -0.3 is 10.1 Å². The second kappa shape index (κ2) is 8.29. The molecule has 1 amide bonds. The molecule has 0 fully saturated rings. The van der Waals surface area contributed by atoms with Crippen LogP contribution in [0, 0.1) is 6.92 Å². The third-order valence-electron chi connectivity index (χ3n) is 4.63. The minimum atomic E-state index is -2.99. The van der Waals surface area contributed by atoms with Crippen LogP contribution in [0.2, 0.25) is 0 Å². The Morgan fingerprint density at radius 2 is 1.70 bits per heavy atom. The number of aromatic nitrogens is 1. The molecule has 0 aliphatic heterocycles. The topological polar surface area (TPSA) is 51.2 Å². The quantitative estimate of drug-likeness (QED) is 0.440. The largest absolute Gasteiger partial charge is 0.433 e. The lowest BCUT2D eigenvalue weighted by Crippen LogP contribution is -2.15. The van der Waals surface area contributed by atoms with Crippen molar-refractivity contribution in [2.75, 3.05) is 5.32 Å². The van der Waals surface area contributed by atoms with Gasteiger partial charge in [0.25, 0.3) is 5.91 Å². The van der Waals surface area contributed by atoms with Crippen LogP contribution >= 0.6 is 0 Å². The van der Waals surface area contributed by atoms with E-state index in [2.05, 4.69) is 15.0 Å². The second-order valence-electron chi connectivity index (χ2n) is 6.77. The smallest absolute Gasteiger partial charge is 0.387 e. The van der Waals surface area contributed by atoms with Crippen molar-refractivity contribution in [3.63, 3.8) is 0 Å². The zero-order chi connectivity index (χ0) is 21.1. The molecule has 4 aromatic rings. The molecule has 0 atom stereocenters. The number of carbonyl (C=O) groups excluding carboxylic acids is 1. The molecule has 3 aromatic carbocycles. The summed E-state index contributed by atoms with van der Waals surface area (Å²) in [5.74, 6) is -0.520. The van der Waals surface area contributed by atoms with Crippen LogP contribution in [0.1, 0.15) is 15.9 Å². The molecule has 0 saturated carbocycles. The number of carbonyl (C=O) groups is 1. The lowest BCUT2D eigenvalue weighted by molar-refractivity contribution is -0.0494. The number of amides is 1. The van der Waals surface area contributed by atoms with Gasteiger partial charge in [0.15, 0.2) is 0 Å². The third-order valence-corrected chi connectivity index (χ3v) is 4.63. The van der Waals surface area contributed by atoms with E-state index in [4.69, 9.17) is 0 Å². The highest BCUT2D eigenvalue weighted by Crippen LogP contribution is 2.30. The average Bonchev–Trinajstić information content (AvgIpc) is 2.75. The number of nitrogens with one attached hydrogen (secondary N) is 1. The number of rotatable bonds is 5. The number of alkyl halides is 2. The van der Waals surface area contributed by atoms with Gasteiger partial charge in [-0.25, -0.2) is 4.98 Å². The Morgan fingerprint density at radius 1 is 0.967 bits per heavy atom. The van der Waals surface area contributed by atoms with E-state index in [9.17, 15) is 13.6 Å². The van der Waals surface area contributed by atoms with E-state index in [0.717, 1.165) is 11.1 Å². The number of benzene rings is 3. The molecule has 0 radical (unpaired) electrons. The summed E-state index contributed by atoms with van der Waals surface area (Å²) in [6.07, 6.45) is 0. The highest BCUT2D eigenvalue weighted by molar-refractivity contribution is 6.13. The number of fused-ring (bicyclic) bond motifs is 1. The first-order valence-corrected chi connectivity index (χ1v) is 9.33. The van der Waals surface area contributed by atoms with Crippen LogP contribution in [0.15, 0.2) is 78.9 Å². The zero-order valence-corrected chi connectivity index (χ0v) is 16.1. The van der Waals surface area contributed by atoms with Crippen LogP contribution < -0.4 is 10.1 Å². The predicted molar refractivity (Wildman–Crippen MR) is 113 cm³/mol. The number of nitrogens with zero attached hydrogens (tertiary/aromatic N) is 1. The maximum absolute atomic E-state index is 13.2. The number of para-hydroxylation sites is 1. The predicted octanol–water partition coefficient (Wildman–Crippen LogP) is 6.06. The third kappa shape index (κ3) is 4.12. The average molecular weight is 404 g/mol. The summed E-state index contributed by atoms with van der Waals surface area (Å²) in [5, 5.41) is 3.37. The Kier molecular flexibility index (Phi) is 5.39. The first-order valence-electron chi connectivity index (χ1n) is 9.33. The van der Waals surface area contributed by atoms with Crippen molar-refractivity contribution in [1.29, 1.82) is 0 Å². The van der Waals surface area contributed by atoms with Crippen molar-refractivity contribution in [3.8, 4) is 17.0 Å². The van der Waals surface area contributed by atoms with Crippen molar-refractivity contribution in [2.45, 2.75) is 13.5 Å². The molecule has 0 saturated heterocycles. The van der Waals surface area contributed by atoms with Gasteiger partial charge in [0.1, 0.15) is 5.75 Å². The fraction of sp³-hybridized carbons (Fsp3) is 0.0833. The monoisotopic (exact) mass is 404 g/mol. The van der Waals surface area contributed by atoms with Crippen LogP contribution in [0.4, 0.5) is 14.5 Å². The Hall–Kier alpha value is -3.80. The number of pyridine rings is 1. The van der Waals surface area contributed by atoms with Crippen molar-refractivity contribution < 1.29 is 18.3 Å². The summed E-state index contributed by atoms with van der Waals surface area (Å²) < 4.78 is 30.2. The van der Waals surface area contributed by atoms with Crippen molar-refractivity contribution >= 4 is 22.5 Å². The fourth-order valence-electron chi connectivity index (χ4n) is 3.24. The Labute approximate surface area is 172 Å². The van der Waals surface area contributed by atoms with E-state index in [1.165, 1.54) is 6.07 Å². The van der Waals surface area contributed by atoms with Crippen molar-refractivity contribution in [2.24, 2.45) is 0 Å². The van der Waals surface area contributed by atoms with Gasteiger partial charge in [-0.2, -0.15) is 8.78 Å². The first-order chi connectivity index (χ1) is 14.5. The maximum atomic E-state index is 13.2. The second-order valence-corrected chi connectivity index (χ2v) is 6.77. The SMILES string of the molecule is Cc1ccc(NC(=O)c2cc(-c3ccccc3)nc3ccccc23)c(OC(F)F)c1. The molecule has 1 aromatic heterocycles. The Morgan fingerprint density at radius 3 is 2.47 bits per heavy atom. The maximum Gasteiger partial charge on any atom is 0.387 e. The van der Waals surface area contributed by atoms with Gasteiger partial charge in [0.05, 0.1) is 22.5 Å². The molecular weight excluding hydrogens is 386 g/mol. The number of ether oxygens (including phenoxy) is 1. The number of hydrogen-bond acceptors (Lipinski definition) is 3. The summed E-state index contributed by atoms with van der Waals surface area (Å²) >= 11 is 0. The molecule has 4 nitrogen and oxygen atoms in total. The molecule has 4 rings (SSSR count). The summed E-state index contributed by atoms with van der Waals surface area (Å²) in [4.78, 5) is 17.8. The lowest BCUT2D eigenvalue weighted by atomic mass is 10.0. The van der Waals surface area contributed by atoms with E-state index < -0.39 is 12.5 Å². The van der Waals surface area contributed by atoms with Crippen LogP contribution in [0.25, 0.3) is 22.2 Å². The summed E-state index contributed by atoms with van der Waals surface area (Å²) in [5.41, 5.74) is 3.49. The number of hydrogen-bond donors (Lipinski definition) is 1. The van der Waals surface area contributed by atoms with Gasteiger partial charge in [0, 0.05) is 10.9 Å². The van der Waals surface area contributed by atoms with E-state index in [1.807, 2.05) is 48.5 Å². The minimum absolute atomic E-state index is 0.0833.